The maximum atomic E-state index is 13.4. The van der Waals surface area contributed by atoms with Crippen molar-refractivity contribution in [3.05, 3.63) is 64.2 Å². The summed E-state index contributed by atoms with van der Waals surface area (Å²) in [6.45, 7) is 7.46. The summed E-state index contributed by atoms with van der Waals surface area (Å²) in [6, 6.07) is 8.79. The molecule has 1 atom stereocenters. The third-order valence-electron chi connectivity index (χ3n) is 5.32. The normalized spacial score (nSPS) is 17.1. The minimum absolute atomic E-state index is 0.115. The quantitative estimate of drug-likeness (QED) is 0.585. The number of aliphatic hydroxyl groups is 1. The summed E-state index contributed by atoms with van der Waals surface area (Å²) in [7, 11) is 1.52. The highest BCUT2D eigenvalue weighted by Crippen LogP contribution is 2.49. The number of benzene rings is 2. The maximum absolute atomic E-state index is 13.4. The highest BCUT2D eigenvalue weighted by molar-refractivity contribution is 6.13. The van der Waals surface area contributed by atoms with Gasteiger partial charge in [0.15, 0.2) is 0 Å². The molecule has 5 nitrogen and oxygen atoms in total. The van der Waals surface area contributed by atoms with Crippen LogP contribution in [-0.2, 0) is 12.8 Å². The number of fused-ring (bicyclic) bond motifs is 1. The lowest BCUT2D eigenvalue weighted by atomic mass is 9.85. The Kier molecular flexibility index (Phi) is 5.71. The first kappa shape index (κ1) is 20.9. The monoisotopic (exact) mass is 396 g/mol. The molecule has 0 saturated carbocycles. The van der Waals surface area contributed by atoms with Crippen molar-refractivity contribution in [1.82, 2.24) is 0 Å². The molecule has 0 radical (unpaired) electrons. The van der Waals surface area contributed by atoms with E-state index in [9.17, 15) is 15.0 Å². The van der Waals surface area contributed by atoms with Crippen molar-refractivity contribution in [2.75, 3.05) is 7.11 Å². The lowest BCUT2D eigenvalue weighted by Gasteiger charge is -2.39. The highest BCUT2D eigenvalue weighted by Gasteiger charge is 2.41. The van der Waals surface area contributed by atoms with E-state index < -0.39 is 11.7 Å². The number of carbonyl (C=O) groups excluding carboxylic acids is 1. The fourth-order valence-corrected chi connectivity index (χ4v) is 3.56. The van der Waals surface area contributed by atoms with Gasteiger partial charge in [0.2, 0.25) is 5.78 Å². The number of hydrogen-bond donors (Lipinski definition) is 2. The number of phenolic OH excluding ortho intramolecular Hbond substituents is 1. The van der Waals surface area contributed by atoms with Gasteiger partial charge in [-0.05, 0) is 34.1 Å². The molecule has 154 valence electrons. The molecule has 0 aromatic heterocycles. The van der Waals surface area contributed by atoms with Crippen molar-refractivity contribution in [2.24, 2.45) is 0 Å². The van der Waals surface area contributed by atoms with Gasteiger partial charge in [-0.15, -0.1) is 0 Å². The summed E-state index contributed by atoms with van der Waals surface area (Å²) in [5, 5.41) is 21.8. The topological polar surface area (TPSA) is 76.0 Å². The largest absolute Gasteiger partial charge is 0.507 e. The van der Waals surface area contributed by atoms with Crippen molar-refractivity contribution in [3.8, 4) is 17.2 Å². The average molecular weight is 396 g/mol. The number of aromatic hydroxyl groups is 1. The number of aliphatic hydroxyl groups excluding tert-OH is 1. The summed E-state index contributed by atoms with van der Waals surface area (Å²) >= 11 is 0. The van der Waals surface area contributed by atoms with E-state index in [2.05, 4.69) is 0 Å². The first-order valence-electron chi connectivity index (χ1n) is 9.72. The van der Waals surface area contributed by atoms with Crippen LogP contribution in [0.15, 0.2) is 42.0 Å². The Hall–Kier alpha value is -2.79. The molecule has 3 rings (SSSR count). The van der Waals surface area contributed by atoms with Crippen LogP contribution in [0.4, 0.5) is 0 Å². The SMILES string of the molecule is COc1c(CC=C(C)C)c(O)c(C(=O)c2ccccc2)c2c1C[C@@H](O)C(C)(C)O2. The van der Waals surface area contributed by atoms with E-state index in [0.29, 0.717) is 28.9 Å². The second kappa shape index (κ2) is 7.91. The second-order valence-corrected chi connectivity index (χ2v) is 8.15. The van der Waals surface area contributed by atoms with Crippen LogP contribution >= 0.6 is 0 Å². The Labute approximate surface area is 171 Å². The highest BCUT2D eigenvalue weighted by atomic mass is 16.5. The number of phenols is 1. The van der Waals surface area contributed by atoms with Crippen molar-refractivity contribution >= 4 is 5.78 Å². The molecule has 5 heteroatoms. The molecule has 1 aliphatic heterocycles. The standard InChI is InChI=1S/C24H28O5/c1-14(2)11-12-16-21(27)19(20(26)15-9-7-6-8-10-15)23-17(22(16)28-5)13-18(25)24(3,4)29-23/h6-11,18,25,27H,12-13H2,1-5H3/t18-/m1/s1. The van der Waals surface area contributed by atoms with Gasteiger partial charge in [0.1, 0.15) is 28.4 Å². The predicted molar refractivity (Wildman–Crippen MR) is 112 cm³/mol. The molecule has 0 saturated heterocycles. The molecule has 0 amide bonds. The number of rotatable bonds is 5. The molecular weight excluding hydrogens is 368 g/mol. The summed E-state index contributed by atoms with van der Waals surface area (Å²) < 4.78 is 11.7. The van der Waals surface area contributed by atoms with Gasteiger partial charge in [-0.25, -0.2) is 0 Å². The zero-order valence-corrected chi connectivity index (χ0v) is 17.6. The molecule has 0 aliphatic carbocycles. The van der Waals surface area contributed by atoms with Crippen LogP contribution < -0.4 is 9.47 Å². The third-order valence-corrected chi connectivity index (χ3v) is 5.32. The molecule has 1 aliphatic rings. The number of carbonyl (C=O) groups is 1. The molecule has 0 fully saturated rings. The minimum Gasteiger partial charge on any atom is -0.507 e. The molecule has 2 aromatic rings. The van der Waals surface area contributed by atoms with Crippen LogP contribution in [0.3, 0.4) is 0 Å². The molecule has 0 bridgehead atoms. The average Bonchev–Trinajstić information content (AvgIpc) is 2.67. The fraction of sp³-hybridized carbons (Fsp3) is 0.375. The lowest BCUT2D eigenvalue weighted by Crippen LogP contribution is -2.47. The molecular formula is C24H28O5. The van der Waals surface area contributed by atoms with Gasteiger partial charge in [-0.2, -0.15) is 0 Å². The van der Waals surface area contributed by atoms with Crippen LogP contribution in [0, 0.1) is 0 Å². The first-order chi connectivity index (χ1) is 13.7. The smallest absolute Gasteiger partial charge is 0.200 e. The Morgan fingerprint density at radius 2 is 1.93 bits per heavy atom. The third kappa shape index (κ3) is 3.87. The van der Waals surface area contributed by atoms with Crippen molar-refractivity contribution in [3.63, 3.8) is 0 Å². The van der Waals surface area contributed by atoms with Gasteiger partial charge in [0.25, 0.3) is 0 Å². The predicted octanol–water partition coefficient (Wildman–Crippen LogP) is 4.21. The molecule has 1 heterocycles. The summed E-state index contributed by atoms with van der Waals surface area (Å²) in [4.78, 5) is 13.4. The maximum Gasteiger partial charge on any atom is 0.200 e. The summed E-state index contributed by atoms with van der Waals surface area (Å²) in [5.41, 5.74) is 1.87. The Bertz CT molecular complexity index is 953. The van der Waals surface area contributed by atoms with E-state index in [1.807, 2.05) is 26.0 Å². The zero-order valence-electron chi connectivity index (χ0n) is 17.6. The number of ether oxygens (including phenoxy) is 2. The van der Waals surface area contributed by atoms with Crippen LogP contribution in [0.2, 0.25) is 0 Å². The summed E-state index contributed by atoms with van der Waals surface area (Å²) in [6.07, 6.45) is 1.86. The molecule has 2 aromatic carbocycles. The van der Waals surface area contributed by atoms with E-state index in [-0.39, 0.29) is 29.3 Å². The molecule has 0 unspecified atom stereocenters. The first-order valence-corrected chi connectivity index (χ1v) is 9.72. The van der Waals surface area contributed by atoms with Gasteiger partial charge in [-0.1, -0.05) is 42.0 Å². The van der Waals surface area contributed by atoms with Crippen molar-refractivity contribution in [2.45, 2.75) is 52.2 Å². The second-order valence-electron chi connectivity index (χ2n) is 8.15. The van der Waals surface area contributed by atoms with Crippen LogP contribution in [0.1, 0.15) is 54.7 Å². The number of methoxy groups -OCH3 is 1. The van der Waals surface area contributed by atoms with Gasteiger partial charge in [0, 0.05) is 23.1 Å². The van der Waals surface area contributed by atoms with E-state index in [0.717, 1.165) is 5.57 Å². The molecule has 0 spiro atoms. The lowest BCUT2D eigenvalue weighted by molar-refractivity contribution is -0.0422. The van der Waals surface area contributed by atoms with Gasteiger partial charge in [0.05, 0.1) is 13.2 Å². The van der Waals surface area contributed by atoms with E-state index >= 15 is 0 Å². The molecule has 2 N–H and O–H groups in total. The zero-order chi connectivity index (χ0) is 21.3. The number of hydrogen-bond acceptors (Lipinski definition) is 5. The van der Waals surface area contributed by atoms with Crippen LogP contribution in [-0.4, -0.2) is 34.8 Å². The van der Waals surface area contributed by atoms with E-state index in [1.54, 1.807) is 38.1 Å². The van der Waals surface area contributed by atoms with Crippen molar-refractivity contribution < 1.29 is 24.5 Å². The van der Waals surface area contributed by atoms with Crippen molar-refractivity contribution in [1.29, 1.82) is 0 Å². The van der Waals surface area contributed by atoms with Gasteiger partial charge >= 0.3 is 0 Å². The van der Waals surface area contributed by atoms with Gasteiger partial charge < -0.3 is 19.7 Å². The Balaban J connectivity index is 2.31. The Morgan fingerprint density at radius 3 is 2.52 bits per heavy atom. The van der Waals surface area contributed by atoms with Crippen LogP contribution in [0.25, 0.3) is 0 Å². The fourth-order valence-electron chi connectivity index (χ4n) is 3.56. The summed E-state index contributed by atoms with van der Waals surface area (Å²) in [5.74, 6) is 0.269. The number of allylic oxidation sites excluding steroid dienone is 2. The number of ketones is 1. The van der Waals surface area contributed by atoms with E-state index in [1.165, 1.54) is 7.11 Å². The van der Waals surface area contributed by atoms with Gasteiger partial charge in [-0.3, -0.25) is 4.79 Å². The van der Waals surface area contributed by atoms with E-state index in [4.69, 9.17) is 9.47 Å². The van der Waals surface area contributed by atoms with Crippen LogP contribution in [0.5, 0.6) is 17.2 Å². The molecule has 29 heavy (non-hydrogen) atoms. The Morgan fingerprint density at radius 1 is 1.28 bits per heavy atom. The minimum atomic E-state index is -0.905.